The first-order valence-corrected chi connectivity index (χ1v) is 28.7. The van der Waals surface area contributed by atoms with E-state index in [2.05, 4.69) is 118 Å². The third-order valence-electron chi connectivity index (χ3n) is 12.1. The molecule has 0 aromatic heterocycles. The lowest BCUT2D eigenvalue weighted by Gasteiger charge is -2.18. The van der Waals surface area contributed by atoms with Crippen molar-refractivity contribution in [1.82, 2.24) is 0 Å². The number of hydrogen-bond donors (Lipinski definition) is 0. The zero-order chi connectivity index (χ0) is 50.0. The van der Waals surface area contributed by atoms with Crippen LogP contribution in [0.1, 0.15) is 265 Å². The molecule has 0 spiro atoms. The highest BCUT2D eigenvalue weighted by molar-refractivity contribution is 5.71. The van der Waals surface area contributed by atoms with Gasteiger partial charge in [-0.25, -0.2) is 0 Å². The molecule has 0 aromatic rings. The van der Waals surface area contributed by atoms with Crippen molar-refractivity contribution < 1.29 is 28.6 Å². The summed E-state index contributed by atoms with van der Waals surface area (Å²) < 4.78 is 16.8. The third-order valence-corrected chi connectivity index (χ3v) is 12.1. The van der Waals surface area contributed by atoms with Crippen LogP contribution in [-0.4, -0.2) is 37.2 Å². The maximum atomic E-state index is 12.8. The van der Waals surface area contributed by atoms with Crippen molar-refractivity contribution in [3.8, 4) is 0 Å². The quantitative estimate of drug-likeness (QED) is 0.0262. The first-order chi connectivity index (χ1) is 34.0. The van der Waals surface area contributed by atoms with Crippen LogP contribution in [0.25, 0.3) is 0 Å². The molecule has 0 unspecified atom stereocenters. The Morgan fingerprint density at radius 2 is 0.536 bits per heavy atom. The number of esters is 3. The maximum Gasteiger partial charge on any atom is 0.306 e. The van der Waals surface area contributed by atoms with Crippen molar-refractivity contribution >= 4 is 17.9 Å². The molecule has 0 aliphatic rings. The molecular weight excluding hydrogens is 853 g/mol. The fraction of sp³-hybridized carbons (Fsp3) is 0.698. The molecule has 1 atom stereocenters. The second-order valence-corrected chi connectivity index (χ2v) is 18.8. The van der Waals surface area contributed by atoms with Gasteiger partial charge in [-0.2, -0.15) is 0 Å². The van der Waals surface area contributed by atoms with E-state index in [-0.39, 0.29) is 37.5 Å². The molecule has 0 N–H and O–H groups in total. The Hall–Kier alpha value is -3.67. The molecule has 69 heavy (non-hydrogen) atoms. The monoisotopic (exact) mass is 959 g/mol. The molecule has 0 heterocycles. The predicted molar refractivity (Wildman–Crippen MR) is 297 cm³/mol. The number of carbonyl (C=O) groups excluding carboxylic acids is 3. The summed E-state index contributed by atoms with van der Waals surface area (Å²) in [6.07, 6.45) is 75.4. The Kier molecular flexibility index (Phi) is 53.9. The van der Waals surface area contributed by atoms with E-state index >= 15 is 0 Å². The van der Waals surface area contributed by atoms with Crippen LogP contribution in [-0.2, 0) is 28.6 Å². The number of ether oxygens (including phenoxy) is 3. The van der Waals surface area contributed by atoms with Crippen molar-refractivity contribution in [2.75, 3.05) is 13.2 Å². The molecule has 0 rings (SSSR count). The van der Waals surface area contributed by atoms with Crippen molar-refractivity contribution in [2.45, 2.75) is 271 Å². The van der Waals surface area contributed by atoms with Crippen LogP contribution in [0.5, 0.6) is 0 Å². The lowest BCUT2D eigenvalue weighted by atomic mass is 10.0. The third kappa shape index (κ3) is 55.1. The zero-order valence-corrected chi connectivity index (χ0v) is 45.0. The van der Waals surface area contributed by atoms with Gasteiger partial charge in [0.1, 0.15) is 13.2 Å². The SMILES string of the molecule is CCCCC/C=C\C/C=C\C/C=C\C/C=C\CCCCCC(=O)OC[C@H](COC(=O)CCC/C=C\C/C=C\C/C=C\C/C=C\CCCCC)OC(=O)CCCCCCCCCCCCCCCCC. The average Bonchev–Trinajstić information content (AvgIpc) is 3.35. The van der Waals surface area contributed by atoms with E-state index in [1.165, 1.54) is 128 Å². The summed E-state index contributed by atoms with van der Waals surface area (Å²) in [6.45, 7) is 6.52. The Labute approximate surface area is 426 Å². The molecule has 0 radical (unpaired) electrons. The largest absolute Gasteiger partial charge is 0.462 e. The van der Waals surface area contributed by atoms with E-state index in [0.717, 1.165) is 89.9 Å². The molecule has 0 saturated heterocycles. The molecule has 6 nitrogen and oxygen atoms in total. The first-order valence-electron chi connectivity index (χ1n) is 28.7. The molecule has 0 fully saturated rings. The van der Waals surface area contributed by atoms with E-state index in [1.54, 1.807) is 0 Å². The molecule has 0 aliphatic heterocycles. The summed E-state index contributed by atoms with van der Waals surface area (Å²) in [5, 5.41) is 0. The van der Waals surface area contributed by atoms with Gasteiger partial charge < -0.3 is 14.2 Å². The zero-order valence-electron chi connectivity index (χ0n) is 45.0. The number of unbranched alkanes of at least 4 members (excludes halogenated alkanes) is 24. The van der Waals surface area contributed by atoms with Gasteiger partial charge in [0.25, 0.3) is 0 Å². The van der Waals surface area contributed by atoms with Gasteiger partial charge in [-0.3, -0.25) is 14.4 Å². The fourth-order valence-corrected chi connectivity index (χ4v) is 7.71. The smallest absolute Gasteiger partial charge is 0.306 e. The average molecular weight is 960 g/mol. The summed E-state index contributed by atoms with van der Waals surface area (Å²) in [5.41, 5.74) is 0. The van der Waals surface area contributed by atoms with Gasteiger partial charge in [0.15, 0.2) is 6.10 Å². The van der Waals surface area contributed by atoms with Crippen molar-refractivity contribution in [3.63, 3.8) is 0 Å². The van der Waals surface area contributed by atoms with Gasteiger partial charge in [0.05, 0.1) is 0 Å². The lowest BCUT2D eigenvalue weighted by molar-refractivity contribution is -0.167. The molecular formula is C63H106O6. The van der Waals surface area contributed by atoms with Crippen molar-refractivity contribution in [2.24, 2.45) is 0 Å². The van der Waals surface area contributed by atoms with Crippen LogP contribution < -0.4 is 0 Å². The fourth-order valence-electron chi connectivity index (χ4n) is 7.71. The van der Waals surface area contributed by atoms with Crippen molar-refractivity contribution in [3.05, 3.63) is 97.2 Å². The minimum absolute atomic E-state index is 0.110. The highest BCUT2D eigenvalue weighted by Gasteiger charge is 2.19. The highest BCUT2D eigenvalue weighted by atomic mass is 16.6. The van der Waals surface area contributed by atoms with Gasteiger partial charge >= 0.3 is 17.9 Å². The first kappa shape index (κ1) is 65.3. The summed E-state index contributed by atoms with van der Waals surface area (Å²) in [6, 6.07) is 0. The van der Waals surface area contributed by atoms with Gasteiger partial charge in [-0.15, -0.1) is 0 Å². The van der Waals surface area contributed by atoms with Crippen LogP contribution in [0.2, 0.25) is 0 Å². The molecule has 0 saturated carbocycles. The Balaban J connectivity index is 4.52. The van der Waals surface area contributed by atoms with Crippen LogP contribution >= 0.6 is 0 Å². The molecule has 0 aromatic carbocycles. The van der Waals surface area contributed by atoms with E-state index < -0.39 is 6.10 Å². The number of carbonyl (C=O) groups is 3. The van der Waals surface area contributed by atoms with E-state index in [0.29, 0.717) is 19.3 Å². The molecule has 0 bridgehead atoms. The molecule has 0 aliphatic carbocycles. The molecule has 6 heteroatoms. The van der Waals surface area contributed by atoms with E-state index in [4.69, 9.17) is 14.2 Å². The lowest BCUT2D eigenvalue weighted by Crippen LogP contribution is -2.30. The topological polar surface area (TPSA) is 78.9 Å². The highest BCUT2D eigenvalue weighted by Crippen LogP contribution is 2.15. The normalized spacial score (nSPS) is 12.8. The second-order valence-electron chi connectivity index (χ2n) is 18.8. The predicted octanol–water partition coefficient (Wildman–Crippen LogP) is 19.3. The van der Waals surface area contributed by atoms with Crippen molar-refractivity contribution in [1.29, 1.82) is 0 Å². The summed E-state index contributed by atoms with van der Waals surface area (Å²) in [4.78, 5) is 38.1. The number of hydrogen-bond acceptors (Lipinski definition) is 6. The summed E-state index contributed by atoms with van der Waals surface area (Å²) >= 11 is 0. The van der Waals surface area contributed by atoms with Gasteiger partial charge in [0, 0.05) is 19.3 Å². The number of allylic oxidation sites excluding steroid dienone is 16. The standard InChI is InChI=1S/C63H106O6/c1-4-7-10-13-16-19-22-25-28-30-31-33-36-38-41-44-47-50-53-56-62(65)68-59-60(69-63(66)57-54-51-48-45-42-39-34-27-24-21-18-15-12-9-6-3)58-67-61(64)55-52-49-46-43-40-37-35-32-29-26-23-20-17-14-11-8-5-2/h16-17,19-20,25-26,28-29,31,33,35,37-38,41,43,46,60H,4-15,18,21-24,27,30,32,34,36,39-40,42,44-45,47-59H2,1-3H3/b19-16-,20-17-,28-25-,29-26-,33-31-,37-35-,41-38-,46-43-/t60-/m0/s1. The summed E-state index contributed by atoms with van der Waals surface area (Å²) in [5.74, 6) is -0.990. The van der Waals surface area contributed by atoms with Crippen LogP contribution in [0.4, 0.5) is 0 Å². The molecule has 0 amide bonds. The second kappa shape index (κ2) is 56.9. The Bertz CT molecular complexity index is 1380. The van der Waals surface area contributed by atoms with Gasteiger partial charge in [-0.05, 0) is 103 Å². The van der Waals surface area contributed by atoms with Crippen LogP contribution in [0.15, 0.2) is 97.2 Å². The summed E-state index contributed by atoms with van der Waals surface area (Å²) in [7, 11) is 0. The van der Waals surface area contributed by atoms with Crippen LogP contribution in [0.3, 0.4) is 0 Å². The minimum Gasteiger partial charge on any atom is -0.462 e. The van der Waals surface area contributed by atoms with Crippen LogP contribution in [0, 0.1) is 0 Å². The Morgan fingerprint density at radius 3 is 0.899 bits per heavy atom. The van der Waals surface area contributed by atoms with E-state index in [1.807, 2.05) is 0 Å². The van der Waals surface area contributed by atoms with Gasteiger partial charge in [0.2, 0.25) is 0 Å². The molecule has 394 valence electrons. The minimum atomic E-state index is -0.812. The Morgan fingerprint density at radius 1 is 0.290 bits per heavy atom. The maximum absolute atomic E-state index is 12.8. The number of rotatable bonds is 51. The van der Waals surface area contributed by atoms with Gasteiger partial charge in [-0.1, -0.05) is 240 Å². The van der Waals surface area contributed by atoms with E-state index in [9.17, 15) is 14.4 Å².